The summed E-state index contributed by atoms with van der Waals surface area (Å²) in [5.41, 5.74) is 3.54. The Balaban J connectivity index is 1.68. The molecule has 2 aromatic heterocycles. The van der Waals surface area contributed by atoms with Gasteiger partial charge in [0.1, 0.15) is 0 Å². The highest BCUT2D eigenvalue weighted by atomic mass is 32.2. The lowest BCUT2D eigenvalue weighted by Crippen LogP contribution is -2.15. The Morgan fingerprint density at radius 2 is 1.93 bits per heavy atom. The van der Waals surface area contributed by atoms with E-state index >= 15 is 0 Å². The minimum atomic E-state index is -0.545. The summed E-state index contributed by atoms with van der Waals surface area (Å²) in [4.78, 5) is 24.6. The minimum absolute atomic E-state index is 0.218. The third-order valence-corrected chi connectivity index (χ3v) is 6.67. The highest BCUT2D eigenvalue weighted by Gasteiger charge is 2.17. The minimum Gasteiger partial charge on any atom is -0.454 e. The summed E-state index contributed by atoms with van der Waals surface area (Å²) in [6, 6.07) is 8.59. The zero-order valence-corrected chi connectivity index (χ0v) is 18.3. The van der Waals surface area contributed by atoms with Crippen LogP contribution in [0.2, 0.25) is 0 Å². The highest BCUT2D eigenvalue weighted by molar-refractivity contribution is 8.00. The fraction of sp³-hybridized carbons (Fsp3) is 0.263. The van der Waals surface area contributed by atoms with Crippen LogP contribution >= 0.6 is 35.3 Å². The molecule has 1 aromatic carbocycles. The van der Waals surface area contributed by atoms with Crippen LogP contribution in [0.5, 0.6) is 0 Å². The van der Waals surface area contributed by atoms with E-state index in [2.05, 4.69) is 5.10 Å². The molecule has 28 heavy (non-hydrogen) atoms. The fourth-order valence-electron chi connectivity index (χ4n) is 2.67. The lowest BCUT2D eigenvalue weighted by molar-refractivity contribution is 0.0474. The molecule has 0 spiro atoms. The SMILES string of the molecule is CSc1nn(-c2ccc(C(=O)OCC(=O)c3cc(C)n(C)c3C)cc2)c(=S)s1. The summed E-state index contributed by atoms with van der Waals surface area (Å²) in [7, 11) is 1.89. The predicted molar refractivity (Wildman–Crippen MR) is 114 cm³/mol. The number of rotatable bonds is 6. The Labute approximate surface area is 176 Å². The van der Waals surface area contributed by atoms with Crippen molar-refractivity contribution in [1.82, 2.24) is 14.3 Å². The van der Waals surface area contributed by atoms with Gasteiger partial charge in [-0.15, -0.1) is 5.10 Å². The van der Waals surface area contributed by atoms with Crippen LogP contribution in [0, 0.1) is 17.8 Å². The molecule has 3 aromatic rings. The number of thioether (sulfide) groups is 1. The van der Waals surface area contributed by atoms with Crippen molar-refractivity contribution in [2.45, 2.75) is 18.2 Å². The van der Waals surface area contributed by atoms with Crippen LogP contribution in [0.4, 0.5) is 0 Å². The molecule has 9 heteroatoms. The van der Waals surface area contributed by atoms with Crippen molar-refractivity contribution >= 4 is 47.1 Å². The lowest BCUT2D eigenvalue weighted by atomic mass is 10.1. The van der Waals surface area contributed by atoms with Gasteiger partial charge in [0.25, 0.3) is 0 Å². The van der Waals surface area contributed by atoms with E-state index in [1.165, 1.54) is 23.1 Å². The topological polar surface area (TPSA) is 66.1 Å². The second-order valence-corrected chi connectivity index (χ2v) is 8.82. The number of nitrogens with zero attached hydrogens (tertiary/aromatic N) is 3. The van der Waals surface area contributed by atoms with E-state index in [-0.39, 0.29) is 12.4 Å². The van der Waals surface area contributed by atoms with Crippen molar-refractivity contribution < 1.29 is 14.3 Å². The van der Waals surface area contributed by atoms with Gasteiger partial charge in [-0.3, -0.25) is 4.79 Å². The van der Waals surface area contributed by atoms with E-state index in [1.54, 1.807) is 35.0 Å². The number of hydrogen-bond acceptors (Lipinski definition) is 7. The molecule has 0 saturated carbocycles. The molecular weight excluding hydrogens is 414 g/mol. The van der Waals surface area contributed by atoms with Crippen LogP contribution in [-0.4, -0.2) is 39.0 Å². The van der Waals surface area contributed by atoms with Crippen molar-refractivity contribution in [2.75, 3.05) is 12.9 Å². The quantitative estimate of drug-likeness (QED) is 0.249. The average Bonchev–Trinajstić information content (AvgIpc) is 3.20. The molecule has 3 rings (SSSR count). The van der Waals surface area contributed by atoms with Crippen LogP contribution in [0.25, 0.3) is 5.69 Å². The molecule has 0 unspecified atom stereocenters. The highest BCUT2D eigenvalue weighted by Crippen LogP contribution is 2.22. The Hall–Kier alpha value is -2.23. The molecule has 0 bridgehead atoms. The van der Waals surface area contributed by atoms with Crippen molar-refractivity contribution in [2.24, 2.45) is 7.05 Å². The molecule has 0 aliphatic carbocycles. The first-order chi connectivity index (χ1) is 13.3. The van der Waals surface area contributed by atoms with Gasteiger partial charge in [-0.25, -0.2) is 9.48 Å². The molecule has 6 nitrogen and oxygen atoms in total. The largest absolute Gasteiger partial charge is 0.454 e. The standard InChI is InChI=1S/C19H19N3O3S3/c1-11-9-15(12(2)21(11)3)16(23)10-25-17(24)13-5-7-14(8-6-13)22-19(26)28-18(20-22)27-4/h5-9H,10H2,1-4H3. The van der Waals surface area contributed by atoms with Gasteiger partial charge in [0.15, 0.2) is 14.9 Å². The van der Waals surface area contributed by atoms with Crippen molar-refractivity contribution in [1.29, 1.82) is 0 Å². The number of carbonyl (C=O) groups excluding carboxylic acids is 2. The van der Waals surface area contributed by atoms with E-state index in [1.807, 2.05) is 31.7 Å². The maximum absolute atomic E-state index is 12.4. The number of benzene rings is 1. The molecule has 0 aliphatic rings. The summed E-state index contributed by atoms with van der Waals surface area (Å²) in [6.07, 6.45) is 1.94. The van der Waals surface area contributed by atoms with Gasteiger partial charge >= 0.3 is 5.97 Å². The normalized spacial score (nSPS) is 10.9. The third-order valence-electron chi connectivity index (χ3n) is 4.46. The number of ether oxygens (including phenoxy) is 1. The molecule has 0 N–H and O–H groups in total. The molecule has 0 amide bonds. The molecule has 2 heterocycles. The Bertz CT molecular complexity index is 1090. The maximum atomic E-state index is 12.4. The second-order valence-electron chi connectivity index (χ2n) is 6.14. The Morgan fingerprint density at radius 1 is 1.25 bits per heavy atom. The average molecular weight is 434 g/mol. The summed E-state index contributed by atoms with van der Waals surface area (Å²) < 4.78 is 10.3. The first kappa shape index (κ1) is 20.5. The van der Waals surface area contributed by atoms with Crippen molar-refractivity contribution in [3.05, 3.63) is 56.8 Å². The van der Waals surface area contributed by atoms with Crippen LogP contribution in [0.15, 0.2) is 34.7 Å². The predicted octanol–water partition coefficient (Wildman–Crippen LogP) is 4.38. The van der Waals surface area contributed by atoms with E-state index in [4.69, 9.17) is 17.0 Å². The van der Waals surface area contributed by atoms with Crippen LogP contribution < -0.4 is 0 Å². The number of carbonyl (C=O) groups is 2. The maximum Gasteiger partial charge on any atom is 0.338 e. The smallest absolute Gasteiger partial charge is 0.338 e. The van der Waals surface area contributed by atoms with Gasteiger partial charge in [-0.2, -0.15) is 0 Å². The van der Waals surface area contributed by atoms with E-state index in [0.29, 0.717) is 15.1 Å². The summed E-state index contributed by atoms with van der Waals surface area (Å²) >= 11 is 8.28. The van der Waals surface area contributed by atoms with Crippen LogP contribution in [0.1, 0.15) is 32.1 Å². The first-order valence-corrected chi connectivity index (χ1v) is 10.8. The van der Waals surface area contributed by atoms with E-state index in [9.17, 15) is 9.59 Å². The van der Waals surface area contributed by atoms with E-state index < -0.39 is 5.97 Å². The lowest BCUT2D eigenvalue weighted by Gasteiger charge is -2.06. The number of aryl methyl sites for hydroxylation is 1. The first-order valence-electron chi connectivity index (χ1n) is 8.39. The molecule has 0 atom stereocenters. The van der Waals surface area contributed by atoms with Crippen molar-refractivity contribution in [3.63, 3.8) is 0 Å². The Kier molecular flexibility index (Phi) is 6.17. The van der Waals surface area contributed by atoms with Gasteiger partial charge in [0, 0.05) is 24.0 Å². The molecule has 0 aliphatic heterocycles. The zero-order chi connectivity index (χ0) is 20.4. The van der Waals surface area contributed by atoms with Crippen molar-refractivity contribution in [3.8, 4) is 5.69 Å². The number of ketones is 1. The molecule has 146 valence electrons. The summed E-state index contributed by atoms with van der Waals surface area (Å²) in [6.45, 7) is 3.50. The Morgan fingerprint density at radius 3 is 2.46 bits per heavy atom. The van der Waals surface area contributed by atoms with Gasteiger partial charge in [0.05, 0.1) is 11.3 Å². The molecule has 0 saturated heterocycles. The molecule has 0 fully saturated rings. The molecule has 0 radical (unpaired) electrons. The van der Waals surface area contributed by atoms with Crippen LogP contribution in [0.3, 0.4) is 0 Å². The van der Waals surface area contributed by atoms with Gasteiger partial charge in [0.2, 0.25) is 5.78 Å². The summed E-state index contributed by atoms with van der Waals surface area (Å²) in [5, 5.41) is 4.41. The van der Waals surface area contributed by atoms with Gasteiger partial charge in [-0.1, -0.05) is 23.1 Å². The monoisotopic (exact) mass is 433 g/mol. The number of Topliss-reactive ketones (excluding diaryl/α,β-unsaturated/α-hetero) is 1. The number of hydrogen-bond donors (Lipinski definition) is 0. The van der Waals surface area contributed by atoms with Crippen LogP contribution in [-0.2, 0) is 11.8 Å². The van der Waals surface area contributed by atoms with Gasteiger partial charge < -0.3 is 9.30 Å². The number of aromatic nitrogens is 3. The zero-order valence-electron chi connectivity index (χ0n) is 15.9. The van der Waals surface area contributed by atoms with Gasteiger partial charge in [-0.05, 0) is 62.7 Å². The number of esters is 1. The van der Waals surface area contributed by atoms with E-state index in [0.717, 1.165) is 21.4 Å². The third kappa shape index (κ3) is 4.11. The molecular formula is C19H19N3O3S3. The summed E-state index contributed by atoms with van der Waals surface area (Å²) in [5.74, 6) is -0.763. The second kappa shape index (κ2) is 8.42. The fourth-order valence-corrected chi connectivity index (χ4v) is 4.45.